The standard InChI is InChI=1S/C29H37N3O5/c1-19(2)7-6-8-22-11-24-28(30-13-22)37-27(20(3)14-32(29(24)34)21(4)17-33)16-31(5)15-23-9-10-25-26(12-23)36-18-35-25/h9-13,19-21,27,33H,7,14-18H2,1-5H3/t20-,21-,27+/m0/s1. The number of benzene rings is 1. The molecule has 1 N–H and O–H groups in total. The number of aromatic nitrogens is 1. The number of hydrogen-bond acceptors (Lipinski definition) is 7. The quantitative estimate of drug-likeness (QED) is 0.574. The van der Waals surface area contributed by atoms with Crippen LogP contribution in [0.25, 0.3) is 0 Å². The fraction of sp³-hybridized carbons (Fsp3) is 0.517. The molecule has 8 heteroatoms. The van der Waals surface area contributed by atoms with E-state index in [2.05, 4.69) is 42.5 Å². The lowest BCUT2D eigenvalue weighted by Gasteiger charge is -2.37. The summed E-state index contributed by atoms with van der Waals surface area (Å²) in [5, 5.41) is 9.88. The van der Waals surface area contributed by atoms with Crippen LogP contribution in [0.2, 0.25) is 0 Å². The first-order valence-corrected chi connectivity index (χ1v) is 12.9. The summed E-state index contributed by atoms with van der Waals surface area (Å²) >= 11 is 0. The van der Waals surface area contributed by atoms with Gasteiger partial charge in [0.2, 0.25) is 12.7 Å². The molecular formula is C29H37N3O5. The van der Waals surface area contributed by atoms with E-state index in [-0.39, 0.29) is 37.4 Å². The van der Waals surface area contributed by atoms with Crippen LogP contribution in [0.15, 0.2) is 30.5 Å². The molecule has 2 aliphatic heterocycles. The highest BCUT2D eigenvalue weighted by atomic mass is 16.7. The fourth-order valence-electron chi connectivity index (χ4n) is 4.47. The Hall–Kier alpha value is -3.28. The third-order valence-electron chi connectivity index (χ3n) is 6.65. The molecule has 1 aromatic heterocycles. The Kier molecular flexibility index (Phi) is 8.57. The predicted octanol–water partition coefficient (Wildman–Crippen LogP) is 3.56. The van der Waals surface area contributed by atoms with Crippen LogP contribution in [-0.4, -0.2) is 71.5 Å². The number of aliphatic hydroxyl groups excluding tert-OH is 1. The Bertz CT molecular complexity index is 1170. The lowest BCUT2D eigenvalue weighted by Crippen LogP contribution is -2.49. The van der Waals surface area contributed by atoms with E-state index >= 15 is 0 Å². The van der Waals surface area contributed by atoms with Crippen molar-refractivity contribution in [3.63, 3.8) is 0 Å². The van der Waals surface area contributed by atoms with Crippen molar-refractivity contribution in [2.24, 2.45) is 11.8 Å². The average molecular weight is 508 g/mol. The zero-order chi connectivity index (χ0) is 26.5. The summed E-state index contributed by atoms with van der Waals surface area (Å²) in [7, 11) is 2.04. The van der Waals surface area contributed by atoms with E-state index < -0.39 is 0 Å². The second-order valence-electron chi connectivity index (χ2n) is 10.5. The summed E-state index contributed by atoms with van der Waals surface area (Å²) in [4.78, 5) is 22.0. The second-order valence-corrected chi connectivity index (χ2v) is 10.5. The molecule has 0 saturated heterocycles. The Morgan fingerprint density at radius 3 is 2.76 bits per heavy atom. The van der Waals surface area contributed by atoms with Gasteiger partial charge in [-0.05, 0) is 43.7 Å². The normalized spacial score (nSPS) is 19.6. The number of ether oxygens (including phenoxy) is 3. The number of aliphatic hydroxyl groups is 1. The van der Waals surface area contributed by atoms with Crippen LogP contribution in [0.3, 0.4) is 0 Å². The predicted molar refractivity (Wildman–Crippen MR) is 141 cm³/mol. The third-order valence-corrected chi connectivity index (χ3v) is 6.65. The summed E-state index contributed by atoms with van der Waals surface area (Å²) in [5.74, 6) is 8.39. The number of hydrogen-bond donors (Lipinski definition) is 1. The minimum Gasteiger partial charge on any atom is -0.472 e. The molecule has 1 amide bonds. The van der Waals surface area contributed by atoms with E-state index in [0.717, 1.165) is 23.5 Å². The second kappa shape index (κ2) is 11.8. The minimum atomic E-state index is -0.330. The van der Waals surface area contributed by atoms with Crippen LogP contribution >= 0.6 is 0 Å². The van der Waals surface area contributed by atoms with Crippen molar-refractivity contribution in [3.8, 4) is 29.2 Å². The molecule has 4 rings (SSSR count). The van der Waals surface area contributed by atoms with Gasteiger partial charge in [0.15, 0.2) is 11.5 Å². The highest BCUT2D eigenvalue weighted by Gasteiger charge is 2.34. The van der Waals surface area contributed by atoms with Crippen LogP contribution < -0.4 is 14.2 Å². The van der Waals surface area contributed by atoms with Gasteiger partial charge in [0.25, 0.3) is 5.91 Å². The van der Waals surface area contributed by atoms with Gasteiger partial charge in [-0.15, -0.1) is 0 Å². The molecule has 2 aliphatic rings. The van der Waals surface area contributed by atoms with Crippen LogP contribution in [0.5, 0.6) is 17.4 Å². The number of carbonyl (C=O) groups excluding carboxylic acids is 1. The SMILES string of the molecule is CC(C)CC#Cc1cnc2c(c1)C(=O)N([C@@H](C)CO)C[C@H](C)[C@@H](CN(C)Cc1ccc3c(c1)OCO3)O2. The Balaban J connectivity index is 1.57. The number of fused-ring (bicyclic) bond motifs is 2. The lowest BCUT2D eigenvalue weighted by molar-refractivity contribution is 0.0325. The van der Waals surface area contributed by atoms with Crippen molar-refractivity contribution in [3.05, 3.63) is 47.2 Å². The van der Waals surface area contributed by atoms with Crippen molar-refractivity contribution in [2.75, 3.05) is 33.5 Å². The van der Waals surface area contributed by atoms with Gasteiger partial charge < -0.3 is 24.2 Å². The van der Waals surface area contributed by atoms with Gasteiger partial charge in [0, 0.05) is 43.7 Å². The van der Waals surface area contributed by atoms with Gasteiger partial charge in [0.05, 0.1) is 12.6 Å². The van der Waals surface area contributed by atoms with Crippen molar-refractivity contribution in [2.45, 2.75) is 52.8 Å². The molecule has 3 atom stereocenters. The molecule has 0 fully saturated rings. The number of likely N-dealkylation sites (N-methyl/N-ethyl adjacent to an activating group) is 1. The van der Waals surface area contributed by atoms with E-state index in [1.165, 1.54) is 0 Å². The largest absolute Gasteiger partial charge is 0.472 e. The number of carbonyl (C=O) groups is 1. The molecule has 198 valence electrons. The molecule has 2 aromatic rings. The van der Waals surface area contributed by atoms with Crippen molar-refractivity contribution in [1.82, 2.24) is 14.8 Å². The fourth-order valence-corrected chi connectivity index (χ4v) is 4.47. The van der Waals surface area contributed by atoms with Crippen molar-refractivity contribution in [1.29, 1.82) is 0 Å². The number of nitrogens with zero attached hydrogens (tertiary/aromatic N) is 3. The minimum absolute atomic E-state index is 0.0117. The van der Waals surface area contributed by atoms with E-state index in [0.29, 0.717) is 42.6 Å². The Morgan fingerprint density at radius 2 is 2.00 bits per heavy atom. The summed E-state index contributed by atoms with van der Waals surface area (Å²) < 4.78 is 17.3. The van der Waals surface area contributed by atoms with Gasteiger partial charge in [0.1, 0.15) is 11.7 Å². The van der Waals surface area contributed by atoms with Gasteiger partial charge >= 0.3 is 0 Å². The van der Waals surface area contributed by atoms with Gasteiger partial charge in [-0.1, -0.05) is 38.7 Å². The first-order valence-electron chi connectivity index (χ1n) is 12.9. The number of amides is 1. The number of rotatable bonds is 7. The molecule has 37 heavy (non-hydrogen) atoms. The lowest BCUT2D eigenvalue weighted by atomic mass is 9.99. The summed E-state index contributed by atoms with van der Waals surface area (Å²) in [6.45, 7) is 10.1. The summed E-state index contributed by atoms with van der Waals surface area (Å²) in [6.07, 6.45) is 2.22. The van der Waals surface area contributed by atoms with Crippen LogP contribution in [0.1, 0.15) is 55.6 Å². The van der Waals surface area contributed by atoms with Crippen LogP contribution in [0.4, 0.5) is 0 Å². The topological polar surface area (TPSA) is 84.4 Å². The van der Waals surface area contributed by atoms with E-state index in [1.807, 2.05) is 32.2 Å². The molecule has 8 nitrogen and oxygen atoms in total. The van der Waals surface area contributed by atoms with Crippen LogP contribution in [-0.2, 0) is 6.54 Å². The maximum Gasteiger partial charge on any atom is 0.259 e. The molecule has 0 radical (unpaired) electrons. The maximum absolute atomic E-state index is 13.5. The van der Waals surface area contributed by atoms with E-state index in [1.54, 1.807) is 17.2 Å². The molecule has 3 heterocycles. The molecule has 0 spiro atoms. The van der Waals surface area contributed by atoms with Crippen LogP contribution in [0, 0.1) is 23.7 Å². The molecule has 0 aliphatic carbocycles. The zero-order valence-electron chi connectivity index (χ0n) is 22.4. The highest BCUT2D eigenvalue weighted by Crippen LogP contribution is 2.33. The smallest absolute Gasteiger partial charge is 0.259 e. The van der Waals surface area contributed by atoms with Crippen molar-refractivity contribution >= 4 is 5.91 Å². The van der Waals surface area contributed by atoms with E-state index in [4.69, 9.17) is 14.2 Å². The summed E-state index contributed by atoms with van der Waals surface area (Å²) in [5.41, 5.74) is 2.17. The van der Waals surface area contributed by atoms with Gasteiger partial charge in [-0.2, -0.15) is 0 Å². The molecule has 1 aromatic carbocycles. The molecular weight excluding hydrogens is 470 g/mol. The Labute approximate surface area is 219 Å². The molecule has 0 saturated carbocycles. The Morgan fingerprint density at radius 1 is 1.22 bits per heavy atom. The molecule has 0 bridgehead atoms. The first kappa shape index (κ1) is 26.8. The average Bonchev–Trinajstić information content (AvgIpc) is 3.33. The maximum atomic E-state index is 13.5. The monoisotopic (exact) mass is 507 g/mol. The van der Waals surface area contributed by atoms with E-state index in [9.17, 15) is 9.90 Å². The zero-order valence-corrected chi connectivity index (χ0v) is 22.4. The van der Waals surface area contributed by atoms with Gasteiger partial charge in [-0.25, -0.2) is 4.98 Å². The van der Waals surface area contributed by atoms with Gasteiger partial charge in [-0.3, -0.25) is 9.69 Å². The highest BCUT2D eigenvalue weighted by molar-refractivity contribution is 5.97. The third kappa shape index (κ3) is 6.54. The van der Waals surface area contributed by atoms with Crippen molar-refractivity contribution < 1.29 is 24.1 Å². The number of pyridine rings is 1. The first-order chi connectivity index (χ1) is 17.7. The molecule has 0 unspecified atom stereocenters. The summed E-state index contributed by atoms with van der Waals surface area (Å²) in [6, 6.07) is 7.40.